The Balaban J connectivity index is 2.70. The van der Waals surface area contributed by atoms with Gasteiger partial charge >= 0.3 is 0 Å². The number of amides is 1. The first-order valence-electron chi connectivity index (χ1n) is 5.60. The zero-order valence-corrected chi connectivity index (χ0v) is 11.6. The van der Waals surface area contributed by atoms with Crippen LogP contribution in [0.15, 0.2) is 24.3 Å². The minimum Gasteiger partial charge on any atom is -0.387 e. The van der Waals surface area contributed by atoms with Gasteiger partial charge in [0, 0.05) is 24.0 Å². The van der Waals surface area contributed by atoms with E-state index >= 15 is 0 Å². The van der Waals surface area contributed by atoms with E-state index in [0.29, 0.717) is 12.1 Å². The van der Waals surface area contributed by atoms with Gasteiger partial charge in [-0.05, 0) is 32.2 Å². The van der Waals surface area contributed by atoms with Crippen molar-refractivity contribution < 1.29 is 4.79 Å². The van der Waals surface area contributed by atoms with E-state index < -0.39 is 0 Å². The molecule has 4 heteroatoms. The molecule has 0 spiro atoms. The van der Waals surface area contributed by atoms with Gasteiger partial charge in [0.15, 0.2) is 0 Å². The Bertz CT molecular complexity index is 391. The molecule has 0 fully saturated rings. The van der Waals surface area contributed by atoms with Crippen LogP contribution in [0.4, 0.5) is 5.69 Å². The van der Waals surface area contributed by atoms with Crippen LogP contribution in [0.2, 0.25) is 0 Å². The van der Waals surface area contributed by atoms with Gasteiger partial charge in [-0.3, -0.25) is 4.79 Å². The molecule has 0 aliphatic heterocycles. The molecule has 94 valence electrons. The average Bonchev–Trinajstić information content (AvgIpc) is 2.36. The second-order valence-electron chi connectivity index (χ2n) is 4.44. The molecule has 2 N–H and O–H groups in total. The molecule has 0 saturated heterocycles. The average molecular weight is 252 g/mol. The molecule has 17 heavy (non-hydrogen) atoms. The lowest BCUT2D eigenvalue weighted by atomic mass is 10.1. The number of benzene rings is 1. The molecule has 1 aromatic rings. The number of anilines is 1. The lowest BCUT2D eigenvalue weighted by Gasteiger charge is -2.22. The largest absolute Gasteiger partial charge is 0.387 e. The summed E-state index contributed by atoms with van der Waals surface area (Å²) < 4.78 is 0.0598. The summed E-state index contributed by atoms with van der Waals surface area (Å²) in [5.41, 5.74) is 1.54. The van der Waals surface area contributed by atoms with Crippen molar-refractivity contribution in [3.05, 3.63) is 29.8 Å². The van der Waals surface area contributed by atoms with Crippen LogP contribution < -0.4 is 10.6 Å². The number of hydrogen-bond donors (Lipinski definition) is 2. The van der Waals surface area contributed by atoms with E-state index in [4.69, 9.17) is 0 Å². The van der Waals surface area contributed by atoms with Crippen LogP contribution in [0.1, 0.15) is 24.2 Å². The van der Waals surface area contributed by atoms with Crippen molar-refractivity contribution in [2.45, 2.75) is 18.6 Å². The lowest BCUT2D eigenvalue weighted by Crippen LogP contribution is -2.36. The molecule has 0 bridgehead atoms. The quantitative estimate of drug-likeness (QED) is 0.846. The molecule has 0 aliphatic carbocycles. The van der Waals surface area contributed by atoms with E-state index in [1.165, 1.54) is 0 Å². The van der Waals surface area contributed by atoms with Crippen molar-refractivity contribution in [1.29, 1.82) is 0 Å². The van der Waals surface area contributed by atoms with E-state index in [9.17, 15) is 4.79 Å². The van der Waals surface area contributed by atoms with Crippen LogP contribution in [0, 0.1) is 0 Å². The Morgan fingerprint density at radius 2 is 2.00 bits per heavy atom. The van der Waals surface area contributed by atoms with Crippen LogP contribution in [-0.4, -0.2) is 30.5 Å². The number of para-hydroxylation sites is 1. The lowest BCUT2D eigenvalue weighted by molar-refractivity contribution is 0.0951. The van der Waals surface area contributed by atoms with Gasteiger partial charge in [-0.2, -0.15) is 11.8 Å². The summed E-state index contributed by atoms with van der Waals surface area (Å²) >= 11 is 1.74. The fourth-order valence-electron chi connectivity index (χ4n) is 1.36. The molecule has 0 heterocycles. The maximum absolute atomic E-state index is 12.0. The van der Waals surface area contributed by atoms with E-state index in [0.717, 1.165) is 5.69 Å². The highest BCUT2D eigenvalue weighted by molar-refractivity contribution is 7.99. The van der Waals surface area contributed by atoms with Gasteiger partial charge in [0.1, 0.15) is 0 Å². The normalized spacial score (nSPS) is 11.1. The zero-order valence-electron chi connectivity index (χ0n) is 10.8. The van der Waals surface area contributed by atoms with Crippen molar-refractivity contribution in [2.75, 3.05) is 25.2 Å². The summed E-state index contributed by atoms with van der Waals surface area (Å²) in [6.07, 6.45) is 2.05. The van der Waals surface area contributed by atoms with Gasteiger partial charge in [-0.1, -0.05) is 12.1 Å². The summed E-state index contributed by atoms with van der Waals surface area (Å²) in [6, 6.07) is 7.51. The fourth-order valence-corrected chi connectivity index (χ4v) is 1.58. The Kier molecular flexibility index (Phi) is 4.87. The first kappa shape index (κ1) is 13.9. The highest BCUT2D eigenvalue weighted by Crippen LogP contribution is 2.20. The molecule has 1 rings (SSSR count). The smallest absolute Gasteiger partial charge is 0.253 e. The van der Waals surface area contributed by atoms with Crippen molar-refractivity contribution in [2.24, 2.45) is 0 Å². The molecule has 3 nitrogen and oxygen atoms in total. The third-order valence-corrected chi connectivity index (χ3v) is 3.92. The highest BCUT2D eigenvalue weighted by atomic mass is 32.2. The SMILES string of the molecule is CNc1ccccc1C(=O)NCC(C)(C)SC. The fraction of sp³-hybridized carbons (Fsp3) is 0.462. The van der Waals surface area contributed by atoms with Crippen molar-refractivity contribution >= 4 is 23.4 Å². The Morgan fingerprint density at radius 1 is 1.35 bits per heavy atom. The molecule has 0 unspecified atom stereocenters. The first-order chi connectivity index (χ1) is 8.00. The van der Waals surface area contributed by atoms with Crippen LogP contribution in [-0.2, 0) is 0 Å². The molecular weight excluding hydrogens is 232 g/mol. The summed E-state index contributed by atoms with van der Waals surface area (Å²) in [4.78, 5) is 12.0. The predicted molar refractivity (Wildman–Crippen MR) is 75.9 cm³/mol. The third-order valence-electron chi connectivity index (χ3n) is 2.67. The van der Waals surface area contributed by atoms with Gasteiger partial charge in [0.05, 0.1) is 5.56 Å². The van der Waals surface area contributed by atoms with Crippen LogP contribution in [0.3, 0.4) is 0 Å². The van der Waals surface area contributed by atoms with Gasteiger partial charge in [0.25, 0.3) is 5.91 Å². The van der Waals surface area contributed by atoms with E-state index in [1.54, 1.807) is 11.8 Å². The summed E-state index contributed by atoms with van der Waals surface area (Å²) in [5, 5.41) is 5.99. The minimum atomic E-state index is -0.0305. The predicted octanol–water partition coefficient (Wildman–Crippen LogP) is 2.60. The second-order valence-corrected chi connectivity index (χ2v) is 5.96. The topological polar surface area (TPSA) is 41.1 Å². The second kappa shape index (κ2) is 5.96. The number of carbonyl (C=O) groups excluding carboxylic acids is 1. The van der Waals surface area contributed by atoms with Gasteiger partial charge < -0.3 is 10.6 Å². The Labute approximate surface area is 107 Å². The maximum atomic E-state index is 12.0. The van der Waals surface area contributed by atoms with Crippen LogP contribution in [0.5, 0.6) is 0 Å². The Hall–Kier alpha value is -1.16. The standard InChI is InChI=1S/C13H20N2OS/c1-13(2,17-4)9-15-12(16)10-7-5-6-8-11(10)14-3/h5-8,14H,9H2,1-4H3,(H,15,16). The van der Waals surface area contributed by atoms with Gasteiger partial charge in [-0.25, -0.2) is 0 Å². The van der Waals surface area contributed by atoms with Crippen molar-refractivity contribution in [1.82, 2.24) is 5.32 Å². The van der Waals surface area contributed by atoms with Crippen LogP contribution >= 0.6 is 11.8 Å². The minimum absolute atomic E-state index is 0.0305. The monoisotopic (exact) mass is 252 g/mol. The zero-order chi connectivity index (χ0) is 12.9. The van der Waals surface area contributed by atoms with Gasteiger partial charge in [0.2, 0.25) is 0 Å². The molecule has 0 saturated carbocycles. The van der Waals surface area contributed by atoms with E-state index in [1.807, 2.05) is 37.6 Å². The van der Waals surface area contributed by atoms with Crippen LogP contribution in [0.25, 0.3) is 0 Å². The molecule has 0 radical (unpaired) electrons. The number of thioether (sulfide) groups is 1. The molecular formula is C13H20N2OS. The Morgan fingerprint density at radius 3 is 2.59 bits per heavy atom. The molecule has 1 amide bonds. The highest BCUT2D eigenvalue weighted by Gasteiger charge is 2.18. The molecule has 1 aromatic carbocycles. The molecule has 0 atom stereocenters. The van der Waals surface area contributed by atoms with E-state index in [2.05, 4.69) is 24.5 Å². The van der Waals surface area contributed by atoms with Crippen molar-refractivity contribution in [3.63, 3.8) is 0 Å². The number of carbonyl (C=O) groups is 1. The first-order valence-corrected chi connectivity index (χ1v) is 6.83. The summed E-state index contributed by atoms with van der Waals surface area (Å²) in [5.74, 6) is -0.0305. The summed E-state index contributed by atoms with van der Waals surface area (Å²) in [7, 11) is 1.82. The maximum Gasteiger partial charge on any atom is 0.253 e. The van der Waals surface area contributed by atoms with Gasteiger partial charge in [-0.15, -0.1) is 0 Å². The van der Waals surface area contributed by atoms with Crippen molar-refractivity contribution in [3.8, 4) is 0 Å². The number of rotatable bonds is 5. The van der Waals surface area contributed by atoms with E-state index in [-0.39, 0.29) is 10.7 Å². The molecule has 0 aliphatic rings. The summed E-state index contributed by atoms with van der Waals surface area (Å²) in [6.45, 7) is 4.88. The molecule has 0 aromatic heterocycles. The third kappa shape index (κ3) is 3.97. The number of hydrogen-bond acceptors (Lipinski definition) is 3. The number of nitrogens with one attached hydrogen (secondary N) is 2.